The summed E-state index contributed by atoms with van der Waals surface area (Å²) in [4.78, 5) is 21.2. The highest BCUT2D eigenvalue weighted by molar-refractivity contribution is 6.32. The molecule has 6 nitrogen and oxygen atoms in total. The topological polar surface area (TPSA) is 64.5 Å². The molecule has 0 saturated carbocycles. The molecule has 8 heteroatoms. The fourth-order valence-corrected chi connectivity index (χ4v) is 2.15. The van der Waals surface area contributed by atoms with Crippen LogP contribution in [-0.2, 0) is 4.74 Å². The molecular weight excluding hydrogens is 317 g/mol. The second-order valence-corrected chi connectivity index (χ2v) is 6.49. The van der Waals surface area contributed by atoms with E-state index in [-0.39, 0.29) is 28.4 Å². The fourth-order valence-electron chi connectivity index (χ4n) is 1.89. The van der Waals surface area contributed by atoms with Crippen LogP contribution in [0, 0.1) is 0 Å². The normalized spacial score (nSPS) is 18.7. The van der Waals surface area contributed by atoms with Gasteiger partial charge >= 0.3 is 6.09 Å². The monoisotopic (exact) mass is 333 g/mol. The zero-order valence-electron chi connectivity index (χ0n) is 12.1. The Kier molecular flexibility index (Phi) is 4.78. The van der Waals surface area contributed by atoms with Gasteiger partial charge in [0.05, 0.1) is 12.7 Å². The highest BCUT2D eigenvalue weighted by Crippen LogP contribution is 2.25. The van der Waals surface area contributed by atoms with Crippen molar-refractivity contribution in [2.24, 2.45) is 0 Å². The first kappa shape index (κ1) is 16.1. The Morgan fingerprint density at radius 2 is 2.14 bits per heavy atom. The number of amides is 1. The van der Waals surface area contributed by atoms with Crippen LogP contribution in [0.15, 0.2) is 6.20 Å². The van der Waals surface area contributed by atoms with Crippen LogP contribution < -0.4 is 4.74 Å². The maximum atomic E-state index is 12.0. The predicted molar refractivity (Wildman–Crippen MR) is 78.9 cm³/mol. The lowest BCUT2D eigenvalue weighted by Gasteiger charge is -2.24. The van der Waals surface area contributed by atoms with E-state index in [0.29, 0.717) is 19.5 Å². The van der Waals surface area contributed by atoms with Crippen LogP contribution in [-0.4, -0.2) is 45.8 Å². The van der Waals surface area contributed by atoms with Crippen LogP contribution in [0.25, 0.3) is 0 Å². The Bertz CT molecular complexity index is 534. The predicted octanol–water partition coefficient (Wildman–Crippen LogP) is 3.17. The molecule has 1 atom stereocenters. The van der Waals surface area contributed by atoms with Crippen molar-refractivity contribution < 1.29 is 14.3 Å². The summed E-state index contributed by atoms with van der Waals surface area (Å²) in [6.07, 6.45) is 1.52. The van der Waals surface area contributed by atoms with E-state index in [1.807, 2.05) is 20.8 Å². The third-order valence-corrected chi connectivity index (χ3v) is 3.20. The van der Waals surface area contributed by atoms with Crippen LogP contribution in [0.4, 0.5) is 4.79 Å². The van der Waals surface area contributed by atoms with E-state index < -0.39 is 5.60 Å². The van der Waals surface area contributed by atoms with Crippen molar-refractivity contribution in [2.45, 2.75) is 38.9 Å². The first-order valence-corrected chi connectivity index (χ1v) is 7.33. The maximum Gasteiger partial charge on any atom is 0.410 e. The van der Waals surface area contributed by atoms with Crippen molar-refractivity contribution in [2.75, 3.05) is 13.1 Å². The lowest BCUT2D eigenvalue weighted by Crippen LogP contribution is -2.36. The Labute approximate surface area is 133 Å². The summed E-state index contributed by atoms with van der Waals surface area (Å²) in [5.74, 6) is 0.229. The smallest absolute Gasteiger partial charge is 0.410 e. The first-order chi connectivity index (χ1) is 9.74. The number of ether oxygens (including phenoxy) is 2. The van der Waals surface area contributed by atoms with E-state index in [0.717, 1.165) is 0 Å². The van der Waals surface area contributed by atoms with Crippen LogP contribution >= 0.6 is 23.2 Å². The summed E-state index contributed by atoms with van der Waals surface area (Å²) in [7, 11) is 0. The van der Waals surface area contributed by atoms with Gasteiger partial charge in [-0.3, -0.25) is 0 Å². The zero-order valence-corrected chi connectivity index (χ0v) is 13.6. The lowest BCUT2D eigenvalue weighted by atomic mass is 10.2. The van der Waals surface area contributed by atoms with E-state index in [2.05, 4.69) is 9.97 Å². The highest BCUT2D eigenvalue weighted by Gasteiger charge is 2.31. The number of aromatic nitrogens is 2. The average molecular weight is 334 g/mol. The fraction of sp³-hybridized carbons (Fsp3) is 0.615. The molecule has 0 aromatic carbocycles. The molecule has 0 bridgehead atoms. The van der Waals surface area contributed by atoms with Crippen LogP contribution in [0.3, 0.4) is 0 Å². The number of carbonyl (C=O) groups is 1. The van der Waals surface area contributed by atoms with Gasteiger partial charge in [-0.2, -0.15) is 4.98 Å². The molecule has 2 rings (SSSR count). The van der Waals surface area contributed by atoms with Crippen molar-refractivity contribution in [1.82, 2.24) is 14.9 Å². The first-order valence-electron chi connectivity index (χ1n) is 6.57. The largest absolute Gasteiger partial charge is 0.471 e. The van der Waals surface area contributed by atoms with Crippen molar-refractivity contribution >= 4 is 29.3 Å². The maximum absolute atomic E-state index is 12.0. The second kappa shape index (κ2) is 6.23. The highest BCUT2D eigenvalue weighted by atomic mass is 35.5. The van der Waals surface area contributed by atoms with Crippen molar-refractivity contribution in [1.29, 1.82) is 0 Å². The number of hydrogen-bond acceptors (Lipinski definition) is 5. The Balaban J connectivity index is 1.93. The minimum absolute atomic E-state index is 0.0661. The Hall–Kier alpha value is -1.27. The van der Waals surface area contributed by atoms with E-state index in [1.165, 1.54) is 6.20 Å². The molecule has 0 spiro atoms. The van der Waals surface area contributed by atoms with Gasteiger partial charge in [0.25, 0.3) is 0 Å². The van der Waals surface area contributed by atoms with Crippen molar-refractivity contribution in [3.63, 3.8) is 0 Å². The molecular formula is C13H17Cl2N3O3. The molecule has 0 radical (unpaired) electrons. The quantitative estimate of drug-likeness (QED) is 0.777. The average Bonchev–Trinajstić information content (AvgIpc) is 2.80. The number of rotatable bonds is 2. The summed E-state index contributed by atoms with van der Waals surface area (Å²) >= 11 is 11.7. The molecule has 1 aromatic heterocycles. The van der Waals surface area contributed by atoms with Gasteiger partial charge in [0.15, 0.2) is 0 Å². The molecule has 21 heavy (non-hydrogen) atoms. The van der Waals surface area contributed by atoms with Gasteiger partial charge in [-0.25, -0.2) is 9.78 Å². The van der Waals surface area contributed by atoms with Gasteiger partial charge in [-0.05, 0) is 32.4 Å². The van der Waals surface area contributed by atoms with E-state index >= 15 is 0 Å². The van der Waals surface area contributed by atoms with Crippen molar-refractivity contribution in [3.05, 3.63) is 16.5 Å². The standard InChI is InChI=1S/C13H17Cl2N3O3/c1-13(2,3)21-12(19)18-5-4-8(7-18)20-10-9(14)6-16-11(15)17-10/h6,8H,4-5,7H2,1-3H3. The SMILES string of the molecule is CC(C)(C)OC(=O)N1CCC(Oc2nc(Cl)ncc2Cl)C1. The Morgan fingerprint density at radius 3 is 2.81 bits per heavy atom. The molecule has 1 unspecified atom stereocenters. The zero-order chi connectivity index (χ0) is 15.6. The van der Waals surface area contributed by atoms with E-state index in [9.17, 15) is 4.79 Å². The number of halogens is 2. The molecule has 1 amide bonds. The molecule has 1 aliphatic heterocycles. The summed E-state index contributed by atoms with van der Waals surface area (Å²) in [6.45, 7) is 6.48. The van der Waals surface area contributed by atoms with Gasteiger partial charge in [0.1, 0.15) is 16.7 Å². The molecule has 2 heterocycles. The minimum Gasteiger partial charge on any atom is -0.471 e. The number of likely N-dealkylation sites (tertiary alicyclic amines) is 1. The number of nitrogens with zero attached hydrogens (tertiary/aromatic N) is 3. The van der Waals surface area contributed by atoms with Gasteiger partial charge < -0.3 is 14.4 Å². The lowest BCUT2D eigenvalue weighted by molar-refractivity contribution is 0.0275. The molecule has 0 N–H and O–H groups in total. The second-order valence-electron chi connectivity index (χ2n) is 5.75. The molecule has 0 aliphatic carbocycles. The molecule has 1 saturated heterocycles. The summed E-state index contributed by atoms with van der Waals surface area (Å²) in [5.41, 5.74) is -0.514. The Morgan fingerprint density at radius 1 is 1.43 bits per heavy atom. The third kappa shape index (κ3) is 4.61. The van der Waals surface area contributed by atoms with Gasteiger partial charge in [-0.15, -0.1) is 0 Å². The number of carbonyl (C=O) groups excluding carboxylic acids is 1. The third-order valence-electron chi connectivity index (χ3n) is 2.76. The summed E-state index contributed by atoms with van der Waals surface area (Å²) < 4.78 is 11.0. The van der Waals surface area contributed by atoms with Gasteiger partial charge in [-0.1, -0.05) is 11.6 Å². The minimum atomic E-state index is -0.514. The van der Waals surface area contributed by atoms with Gasteiger partial charge in [0, 0.05) is 13.0 Å². The van der Waals surface area contributed by atoms with E-state index in [4.69, 9.17) is 32.7 Å². The molecule has 1 aliphatic rings. The van der Waals surface area contributed by atoms with Gasteiger partial charge in [0.2, 0.25) is 11.2 Å². The van der Waals surface area contributed by atoms with Crippen LogP contribution in [0.2, 0.25) is 10.3 Å². The van der Waals surface area contributed by atoms with E-state index in [1.54, 1.807) is 4.90 Å². The molecule has 1 aromatic rings. The molecule has 1 fully saturated rings. The van der Waals surface area contributed by atoms with Crippen molar-refractivity contribution in [3.8, 4) is 5.88 Å². The summed E-state index contributed by atoms with van der Waals surface area (Å²) in [6, 6.07) is 0. The molecule has 116 valence electrons. The summed E-state index contributed by atoms with van der Waals surface area (Å²) in [5, 5.41) is 0.353. The van der Waals surface area contributed by atoms with Crippen LogP contribution in [0.1, 0.15) is 27.2 Å². The number of hydrogen-bond donors (Lipinski definition) is 0. The van der Waals surface area contributed by atoms with Crippen LogP contribution in [0.5, 0.6) is 5.88 Å².